The number of hydrogen-bond acceptors (Lipinski definition) is 4. The lowest BCUT2D eigenvalue weighted by Gasteiger charge is -2.27. The molecule has 0 aromatic carbocycles. The van der Waals surface area contributed by atoms with Crippen molar-refractivity contribution in [1.82, 2.24) is 10.6 Å². The standard InChI is InChI=1S/C14H28N2O3/c1-11(14(18)15-7-4-8-19-2)16-10-12-5-3-6-13(17)9-12/h11-13,16-17H,3-10H2,1-2H3,(H,15,18). The predicted molar refractivity (Wildman–Crippen MR) is 74.9 cm³/mol. The molecule has 19 heavy (non-hydrogen) atoms. The summed E-state index contributed by atoms with van der Waals surface area (Å²) in [5, 5.41) is 15.7. The van der Waals surface area contributed by atoms with Gasteiger partial charge in [-0.15, -0.1) is 0 Å². The molecule has 1 aliphatic rings. The molecule has 0 saturated heterocycles. The highest BCUT2D eigenvalue weighted by Gasteiger charge is 2.21. The van der Waals surface area contributed by atoms with Crippen molar-refractivity contribution in [2.24, 2.45) is 5.92 Å². The Morgan fingerprint density at radius 1 is 1.47 bits per heavy atom. The van der Waals surface area contributed by atoms with Crippen molar-refractivity contribution < 1.29 is 14.6 Å². The van der Waals surface area contributed by atoms with Gasteiger partial charge in [-0.05, 0) is 45.1 Å². The Bertz CT molecular complexity index is 261. The molecule has 1 rings (SSSR count). The van der Waals surface area contributed by atoms with Gasteiger partial charge in [-0.3, -0.25) is 4.79 Å². The number of methoxy groups -OCH3 is 1. The molecule has 3 atom stereocenters. The maximum Gasteiger partial charge on any atom is 0.236 e. The summed E-state index contributed by atoms with van der Waals surface area (Å²) in [5.74, 6) is 0.528. The van der Waals surface area contributed by atoms with Gasteiger partial charge >= 0.3 is 0 Å². The summed E-state index contributed by atoms with van der Waals surface area (Å²) in [6.07, 6.45) is 4.70. The summed E-state index contributed by atoms with van der Waals surface area (Å²) in [6, 6.07) is -0.179. The SMILES string of the molecule is COCCCNC(=O)C(C)NCC1CCCC(O)C1. The van der Waals surface area contributed by atoms with E-state index in [1.165, 1.54) is 0 Å². The van der Waals surface area contributed by atoms with E-state index in [1.807, 2.05) is 6.92 Å². The van der Waals surface area contributed by atoms with Crippen LogP contribution >= 0.6 is 0 Å². The van der Waals surface area contributed by atoms with Gasteiger partial charge in [0.05, 0.1) is 12.1 Å². The number of nitrogens with one attached hydrogen (secondary N) is 2. The molecule has 0 aromatic heterocycles. The molecular weight excluding hydrogens is 244 g/mol. The average molecular weight is 272 g/mol. The van der Waals surface area contributed by atoms with Crippen LogP contribution in [-0.4, -0.2) is 50.0 Å². The number of rotatable bonds is 8. The summed E-state index contributed by atoms with van der Waals surface area (Å²) < 4.78 is 4.93. The van der Waals surface area contributed by atoms with Crippen molar-refractivity contribution >= 4 is 5.91 Å². The molecule has 1 aliphatic carbocycles. The molecule has 0 radical (unpaired) electrons. The second kappa shape index (κ2) is 9.28. The monoisotopic (exact) mass is 272 g/mol. The average Bonchev–Trinajstić information content (AvgIpc) is 2.41. The molecule has 0 aliphatic heterocycles. The van der Waals surface area contributed by atoms with Crippen LogP contribution in [0.25, 0.3) is 0 Å². The zero-order valence-corrected chi connectivity index (χ0v) is 12.2. The summed E-state index contributed by atoms with van der Waals surface area (Å²) in [7, 11) is 1.66. The molecule has 5 nitrogen and oxygen atoms in total. The highest BCUT2D eigenvalue weighted by Crippen LogP contribution is 2.23. The smallest absolute Gasteiger partial charge is 0.236 e. The Kier molecular flexibility index (Phi) is 8.02. The van der Waals surface area contributed by atoms with Crippen molar-refractivity contribution in [2.45, 2.75) is 51.2 Å². The molecular formula is C14H28N2O3. The van der Waals surface area contributed by atoms with Crippen LogP contribution in [0, 0.1) is 5.92 Å². The lowest BCUT2D eigenvalue weighted by atomic mass is 9.87. The molecule has 112 valence electrons. The van der Waals surface area contributed by atoms with Crippen LogP contribution in [0.2, 0.25) is 0 Å². The Morgan fingerprint density at radius 2 is 2.26 bits per heavy atom. The topological polar surface area (TPSA) is 70.6 Å². The molecule has 0 spiro atoms. The molecule has 1 amide bonds. The Balaban J connectivity index is 2.11. The van der Waals surface area contributed by atoms with Crippen molar-refractivity contribution in [1.29, 1.82) is 0 Å². The zero-order valence-electron chi connectivity index (χ0n) is 12.2. The summed E-state index contributed by atoms with van der Waals surface area (Å²) in [4.78, 5) is 11.8. The minimum atomic E-state index is -0.179. The maximum atomic E-state index is 11.8. The molecule has 3 N–H and O–H groups in total. The van der Waals surface area contributed by atoms with Gasteiger partial charge in [0.15, 0.2) is 0 Å². The minimum absolute atomic E-state index is 0.0347. The third-order valence-corrected chi connectivity index (χ3v) is 3.69. The Morgan fingerprint density at radius 3 is 2.95 bits per heavy atom. The van der Waals surface area contributed by atoms with Crippen molar-refractivity contribution in [3.63, 3.8) is 0 Å². The highest BCUT2D eigenvalue weighted by atomic mass is 16.5. The van der Waals surface area contributed by atoms with Crippen LogP contribution in [0.1, 0.15) is 39.0 Å². The van der Waals surface area contributed by atoms with E-state index in [9.17, 15) is 9.90 Å². The second-order valence-electron chi connectivity index (χ2n) is 5.45. The normalized spacial score (nSPS) is 25.0. The minimum Gasteiger partial charge on any atom is -0.393 e. The van der Waals surface area contributed by atoms with Crippen molar-refractivity contribution in [3.8, 4) is 0 Å². The van der Waals surface area contributed by atoms with E-state index >= 15 is 0 Å². The third-order valence-electron chi connectivity index (χ3n) is 3.69. The number of ether oxygens (including phenoxy) is 1. The van der Waals surface area contributed by atoms with Crippen LogP contribution in [-0.2, 0) is 9.53 Å². The molecule has 0 bridgehead atoms. The van der Waals surface area contributed by atoms with E-state index < -0.39 is 0 Å². The number of aliphatic hydroxyl groups excluding tert-OH is 1. The fourth-order valence-electron chi connectivity index (χ4n) is 2.47. The van der Waals surface area contributed by atoms with Crippen LogP contribution in [0.5, 0.6) is 0 Å². The number of hydrogen-bond donors (Lipinski definition) is 3. The van der Waals surface area contributed by atoms with Gasteiger partial charge in [0, 0.05) is 20.3 Å². The first-order valence-electron chi connectivity index (χ1n) is 7.31. The van der Waals surface area contributed by atoms with Crippen LogP contribution < -0.4 is 10.6 Å². The largest absolute Gasteiger partial charge is 0.393 e. The van der Waals surface area contributed by atoms with Crippen molar-refractivity contribution in [2.75, 3.05) is 26.8 Å². The van der Waals surface area contributed by atoms with Crippen LogP contribution in [0.15, 0.2) is 0 Å². The van der Waals surface area contributed by atoms with E-state index in [0.29, 0.717) is 19.1 Å². The Hall–Kier alpha value is -0.650. The lowest BCUT2D eigenvalue weighted by molar-refractivity contribution is -0.122. The maximum absolute atomic E-state index is 11.8. The first-order chi connectivity index (χ1) is 9.13. The van der Waals surface area contributed by atoms with Gasteiger partial charge in [0.25, 0.3) is 0 Å². The molecule has 3 unspecified atom stereocenters. The second-order valence-corrected chi connectivity index (χ2v) is 5.45. The van der Waals surface area contributed by atoms with Gasteiger partial charge in [-0.1, -0.05) is 6.42 Å². The van der Waals surface area contributed by atoms with Gasteiger partial charge < -0.3 is 20.5 Å². The number of amides is 1. The third kappa shape index (κ3) is 6.89. The van der Waals surface area contributed by atoms with Gasteiger partial charge in [-0.2, -0.15) is 0 Å². The fraction of sp³-hybridized carbons (Fsp3) is 0.929. The highest BCUT2D eigenvalue weighted by molar-refractivity contribution is 5.81. The van der Waals surface area contributed by atoms with E-state index in [1.54, 1.807) is 7.11 Å². The number of carbonyl (C=O) groups is 1. The number of aliphatic hydroxyl groups is 1. The molecule has 0 aromatic rings. The van der Waals surface area contributed by atoms with Crippen molar-refractivity contribution in [3.05, 3.63) is 0 Å². The van der Waals surface area contributed by atoms with E-state index in [0.717, 1.165) is 38.6 Å². The summed E-state index contributed by atoms with van der Waals surface area (Å²) >= 11 is 0. The first kappa shape index (κ1) is 16.4. The number of carbonyl (C=O) groups excluding carboxylic acids is 1. The molecule has 1 fully saturated rings. The molecule has 1 saturated carbocycles. The van der Waals surface area contributed by atoms with E-state index in [-0.39, 0.29) is 18.1 Å². The van der Waals surface area contributed by atoms with Gasteiger partial charge in [0.2, 0.25) is 5.91 Å². The van der Waals surface area contributed by atoms with Crippen LogP contribution in [0.3, 0.4) is 0 Å². The summed E-state index contributed by atoms with van der Waals surface area (Å²) in [6.45, 7) is 4.01. The predicted octanol–water partition coefficient (Wildman–Crippen LogP) is 0.668. The summed E-state index contributed by atoms with van der Waals surface area (Å²) in [5.41, 5.74) is 0. The van der Waals surface area contributed by atoms with Crippen LogP contribution in [0.4, 0.5) is 0 Å². The molecule has 5 heteroatoms. The van der Waals surface area contributed by atoms with Gasteiger partial charge in [-0.25, -0.2) is 0 Å². The quantitative estimate of drug-likeness (QED) is 0.568. The zero-order chi connectivity index (χ0) is 14.1. The van der Waals surface area contributed by atoms with Gasteiger partial charge in [0.1, 0.15) is 0 Å². The van der Waals surface area contributed by atoms with E-state index in [4.69, 9.17) is 4.74 Å². The lowest BCUT2D eigenvalue weighted by Crippen LogP contribution is -2.44. The first-order valence-corrected chi connectivity index (χ1v) is 7.31. The van der Waals surface area contributed by atoms with E-state index in [2.05, 4.69) is 10.6 Å². The molecule has 0 heterocycles. The Labute approximate surface area is 116 Å². The fourth-order valence-corrected chi connectivity index (χ4v) is 2.47.